The smallest absolute Gasteiger partial charge is 0.0318 e. The average molecular weight is 175 g/mol. The molecule has 0 aromatic heterocycles. The highest BCUT2D eigenvalue weighted by molar-refractivity contribution is 5.48. The lowest BCUT2D eigenvalue weighted by Crippen LogP contribution is -2.16. The molecule has 0 spiro atoms. The van der Waals surface area contributed by atoms with Gasteiger partial charge in [0.2, 0.25) is 0 Å². The lowest BCUT2D eigenvalue weighted by molar-refractivity contribution is 0.514. The Balaban J connectivity index is 2.94. The minimum absolute atomic E-state index is 0.125. The minimum atomic E-state index is 0.125. The normalized spacial score (nSPS) is 12.9. The van der Waals surface area contributed by atoms with Crippen molar-refractivity contribution in [2.75, 3.05) is 0 Å². The van der Waals surface area contributed by atoms with Gasteiger partial charge < -0.3 is 5.73 Å². The van der Waals surface area contributed by atoms with Gasteiger partial charge in [-0.15, -0.1) is 0 Å². The molecule has 1 aromatic carbocycles. The second kappa shape index (κ2) is 4.24. The van der Waals surface area contributed by atoms with Crippen LogP contribution in [0.4, 0.5) is 0 Å². The molecule has 0 aliphatic carbocycles. The highest BCUT2D eigenvalue weighted by Crippen LogP contribution is 2.19. The molecule has 0 saturated carbocycles. The lowest BCUT2D eigenvalue weighted by atomic mass is 9.96. The zero-order chi connectivity index (χ0) is 9.84. The Kier molecular flexibility index (Phi) is 3.26. The first-order valence-electron chi connectivity index (χ1n) is 4.63. The van der Waals surface area contributed by atoms with E-state index < -0.39 is 0 Å². The fourth-order valence-electron chi connectivity index (χ4n) is 1.28. The number of hydrogen-bond donors (Lipinski definition) is 1. The maximum absolute atomic E-state index is 6.03. The summed E-state index contributed by atoms with van der Waals surface area (Å²) in [7, 11) is 0. The third-order valence-corrected chi connectivity index (χ3v) is 2.25. The third-order valence-electron chi connectivity index (χ3n) is 2.25. The quantitative estimate of drug-likeness (QED) is 0.751. The number of hydrogen-bond acceptors (Lipinski definition) is 1. The highest BCUT2D eigenvalue weighted by Gasteiger charge is 2.09. The van der Waals surface area contributed by atoms with Crippen molar-refractivity contribution in [3.63, 3.8) is 0 Å². The first-order chi connectivity index (χ1) is 6.15. The zero-order valence-corrected chi connectivity index (χ0v) is 8.33. The summed E-state index contributed by atoms with van der Waals surface area (Å²) in [6.45, 7) is 8.00. The Morgan fingerprint density at radius 3 is 2.62 bits per heavy atom. The highest BCUT2D eigenvalue weighted by atomic mass is 14.6. The van der Waals surface area contributed by atoms with E-state index in [4.69, 9.17) is 5.73 Å². The average Bonchev–Trinajstić information content (AvgIpc) is 2.16. The van der Waals surface area contributed by atoms with E-state index in [1.807, 2.05) is 18.2 Å². The molecule has 2 N–H and O–H groups in total. The summed E-state index contributed by atoms with van der Waals surface area (Å²) < 4.78 is 0. The Hall–Kier alpha value is -1.08. The molecule has 1 aromatic rings. The van der Waals surface area contributed by atoms with Crippen LogP contribution in [0.1, 0.15) is 31.0 Å². The van der Waals surface area contributed by atoms with E-state index in [0.717, 1.165) is 5.56 Å². The SMILES string of the molecule is C=Cc1cccc(C(N)C(C)C)c1. The Morgan fingerprint density at radius 2 is 2.08 bits per heavy atom. The van der Waals surface area contributed by atoms with Gasteiger partial charge in [-0.25, -0.2) is 0 Å². The van der Waals surface area contributed by atoms with Crippen LogP contribution in [0.2, 0.25) is 0 Å². The van der Waals surface area contributed by atoms with Gasteiger partial charge in [0.15, 0.2) is 0 Å². The molecule has 0 bridgehead atoms. The van der Waals surface area contributed by atoms with Crippen LogP contribution in [0.3, 0.4) is 0 Å². The molecule has 1 rings (SSSR count). The van der Waals surface area contributed by atoms with E-state index in [0.29, 0.717) is 5.92 Å². The summed E-state index contributed by atoms with van der Waals surface area (Å²) >= 11 is 0. The van der Waals surface area contributed by atoms with Crippen molar-refractivity contribution in [1.29, 1.82) is 0 Å². The van der Waals surface area contributed by atoms with Gasteiger partial charge in [0.1, 0.15) is 0 Å². The van der Waals surface area contributed by atoms with E-state index in [1.165, 1.54) is 5.56 Å². The van der Waals surface area contributed by atoms with E-state index in [-0.39, 0.29) is 6.04 Å². The topological polar surface area (TPSA) is 26.0 Å². The zero-order valence-electron chi connectivity index (χ0n) is 8.33. The molecule has 0 aliphatic rings. The molecule has 0 amide bonds. The Bertz CT molecular complexity index is 289. The van der Waals surface area contributed by atoms with Crippen LogP contribution in [0.5, 0.6) is 0 Å². The van der Waals surface area contributed by atoms with Gasteiger partial charge >= 0.3 is 0 Å². The summed E-state index contributed by atoms with van der Waals surface area (Å²) in [5.74, 6) is 0.472. The van der Waals surface area contributed by atoms with Crippen LogP contribution >= 0.6 is 0 Å². The number of nitrogens with two attached hydrogens (primary N) is 1. The van der Waals surface area contributed by atoms with Gasteiger partial charge in [-0.1, -0.05) is 50.8 Å². The lowest BCUT2D eigenvalue weighted by Gasteiger charge is -2.16. The van der Waals surface area contributed by atoms with Gasteiger partial charge in [0.25, 0.3) is 0 Å². The minimum Gasteiger partial charge on any atom is -0.324 e. The molecule has 1 heteroatoms. The Labute approximate surface area is 80.3 Å². The Morgan fingerprint density at radius 1 is 1.38 bits per heavy atom. The molecule has 0 saturated heterocycles. The van der Waals surface area contributed by atoms with Crippen LogP contribution in [0.15, 0.2) is 30.8 Å². The van der Waals surface area contributed by atoms with Crippen LogP contribution in [0, 0.1) is 5.92 Å². The largest absolute Gasteiger partial charge is 0.324 e. The molecule has 0 heterocycles. The predicted molar refractivity (Wildman–Crippen MR) is 58.3 cm³/mol. The van der Waals surface area contributed by atoms with Gasteiger partial charge in [-0.3, -0.25) is 0 Å². The fourth-order valence-corrected chi connectivity index (χ4v) is 1.28. The second-order valence-corrected chi connectivity index (χ2v) is 3.64. The van der Waals surface area contributed by atoms with Crippen LogP contribution in [-0.2, 0) is 0 Å². The second-order valence-electron chi connectivity index (χ2n) is 3.64. The molecule has 0 radical (unpaired) electrons. The van der Waals surface area contributed by atoms with Crippen molar-refractivity contribution >= 4 is 6.08 Å². The number of benzene rings is 1. The van der Waals surface area contributed by atoms with Gasteiger partial charge in [0, 0.05) is 6.04 Å². The molecular formula is C12H17N. The standard InChI is InChI=1S/C12H17N/c1-4-10-6-5-7-11(8-10)12(13)9(2)3/h4-9,12H,1,13H2,2-3H3. The van der Waals surface area contributed by atoms with E-state index in [2.05, 4.69) is 32.6 Å². The molecule has 1 unspecified atom stereocenters. The van der Waals surface area contributed by atoms with Gasteiger partial charge in [0.05, 0.1) is 0 Å². The van der Waals surface area contributed by atoms with Gasteiger partial charge in [-0.05, 0) is 17.0 Å². The first-order valence-corrected chi connectivity index (χ1v) is 4.63. The summed E-state index contributed by atoms with van der Waals surface area (Å²) in [5, 5.41) is 0. The van der Waals surface area contributed by atoms with Crippen LogP contribution < -0.4 is 5.73 Å². The van der Waals surface area contributed by atoms with Crippen molar-refractivity contribution < 1.29 is 0 Å². The third kappa shape index (κ3) is 2.43. The van der Waals surface area contributed by atoms with E-state index >= 15 is 0 Å². The van der Waals surface area contributed by atoms with Crippen molar-refractivity contribution in [3.8, 4) is 0 Å². The van der Waals surface area contributed by atoms with Crippen molar-refractivity contribution in [2.24, 2.45) is 11.7 Å². The predicted octanol–water partition coefficient (Wildman–Crippen LogP) is 2.99. The summed E-state index contributed by atoms with van der Waals surface area (Å²) in [6.07, 6.45) is 1.84. The van der Waals surface area contributed by atoms with Crippen molar-refractivity contribution in [3.05, 3.63) is 42.0 Å². The number of rotatable bonds is 3. The molecule has 0 aliphatic heterocycles. The first kappa shape index (κ1) is 10.0. The molecule has 70 valence electrons. The van der Waals surface area contributed by atoms with Crippen LogP contribution in [-0.4, -0.2) is 0 Å². The monoisotopic (exact) mass is 175 g/mol. The fraction of sp³-hybridized carbons (Fsp3) is 0.333. The summed E-state index contributed by atoms with van der Waals surface area (Å²) in [5.41, 5.74) is 8.35. The summed E-state index contributed by atoms with van der Waals surface area (Å²) in [6, 6.07) is 8.34. The van der Waals surface area contributed by atoms with Crippen molar-refractivity contribution in [2.45, 2.75) is 19.9 Å². The summed E-state index contributed by atoms with van der Waals surface area (Å²) in [4.78, 5) is 0. The molecular weight excluding hydrogens is 158 g/mol. The molecule has 13 heavy (non-hydrogen) atoms. The van der Waals surface area contributed by atoms with Crippen LogP contribution in [0.25, 0.3) is 6.08 Å². The maximum Gasteiger partial charge on any atom is 0.0318 e. The molecule has 1 nitrogen and oxygen atoms in total. The van der Waals surface area contributed by atoms with Crippen molar-refractivity contribution in [1.82, 2.24) is 0 Å². The van der Waals surface area contributed by atoms with Gasteiger partial charge in [-0.2, -0.15) is 0 Å². The van der Waals surface area contributed by atoms with E-state index in [1.54, 1.807) is 0 Å². The maximum atomic E-state index is 6.03. The molecule has 1 atom stereocenters. The van der Waals surface area contributed by atoms with E-state index in [9.17, 15) is 0 Å². The molecule has 0 fully saturated rings.